The van der Waals surface area contributed by atoms with E-state index in [1.54, 1.807) is 0 Å². The van der Waals surface area contributed by atoms with E-state index in [0.717, 1.165) is 80.8 Å². The van der Waals surface area contributed by atoms with Gasteiger partial charge in [0.25, 0.3) is 0 Å². The summed E-state index contributed by atoms with van der Waals surface area (Å²) in [6.45, 7) is 18.7. The van der Waals surface area contributed by atoms with Crippen molar-refractivity contribution in [3.05, 3.63) is 301 Å². The Kier molecular flexibility index (Phi) is 13.9. The third-order valence-electron chi connectivity index (χ3n) is 19.8. The average Bonchev–Trinajstić information content (AvgIpc) is 1.61. The molecule has 2 unspecified atom stereocenters. The Morgan fingerprint density at radius 2 is 0.613 bits per heavy atom. The van der Waals surface area contributed by atoms with E-state index in [0.29, 0.717) is 0 Å². The smallest absolute Gasteiger partial charge is 0.0868 e. The van der Waals surface area contributed by atoms with Crippen LogP contribution in [0.3, 0.4) is 0 Å². The van der Waals surface area contributed by atoms with Crippen LogP contribution in [0, 0.1) is 0 Å². The van der Waals surface area contributed by atoms with E-state index in [1.807, 2.05) is 36.4 Å². The zero-order valence-electron chi connectivity index (χ0n) is 53.7. The minimum atomic E-state index is -1.21. The first-order valence-electron chi connectivity index (χ1n) is 32.4. The topological polar surface area (TPSA) is 34.1 Å². The molecule has 0 N–H and O–H groups in total. The van der Waals surface area contributed by atoms with Crippen LogP contribution in [0.4, 0.5) is 0 Å². The summed E-state index contributed by atoms with van der Waals surface area (Å²) in [7, 11) is -2.40. The van der Waals surface area contributed by atoms with Gasteiger partial charge in [0, 0.05) is 16.5 Å². The summed E-state index contributed by atoms with van der Waals surface area (Å²) in [6.07, 6.45) is 0. The van der Waals surface area contributed by atoms with E-state index in [-0.39, 0.29) is 16.2 Å². The van der Waals surface area contributed by atoms with Gasteiger partial charge in [0.15, 0.2) is 0 Å². The summed E-state index contributed by atoms with van der Waals surface area (Å²) in [5, 5.41) is 7.70. The second kappa shape index (κ2) is 22.2. The first kappa shape index (κ1) is 58.3. The van der Waals surface area contributed by atoms with Gasteiger partial charge in [0.2, 0.25) is 0 Å². The zero-order chi connectivity index (χ0) is 63.7. The molecule has 0 bridgehead atoms. The lowest BCUT2D eigenvalue weighted by Crippen LogP contribution is -2.19. The van der Waals surface area contributed by atoms with Crippen LogP contribution in [0.25, 0.3) is 132 Å². The molecule has 93 heavy (non-hydrogen) atoms. The van der Waals surface area contributed by atoms with E-state index >= 15 is 0 Å². The Morgan fingerprint density at radius 1 is 0.258 bits per heavy atom. The molecular weight excluding hydrogens is 1170 g/mol. The Hall–Kier alpha value is -9.84. The number of benzene rings is 14. The van der Waals surface area contributed by atoms with Gasteiger partial charge in [-0.3, -0.25) is 0 Å². The van der Waals surface area contributed by atoms with E-state index in [1.165, 1.54) is 93.5 Å². The first-order valence-corrected chi connectivity index (χ1v) is 34.7. The molecule has 1 aliphatic carbocycles. The molecule has 4 heteroatoms. The molecule has 0 aromatic heterocycles. The number of hydrogen-bond donors (Lipinski definition) is 0. The van der Waals surface area contributed by atoms with E-state index in [4.69, 9.17) is 0 Å². The van der Waals surface area contributed by atoms with Gasteiger partial charge >= 0.3 is 0 Å². The quantitative estimate of drug-likeness (QED) is 0.156. The Balaban J connectivity index is 0.000000148. The lowest BCUT2D eigenvalue weighted by molar-refractivity contribution is 0.580. The molecule has 450 valence electrons. The lowest BCUT2D eigenvalue weighted by Gasteiger charge is -2.27. The lowest BCUT2D eigenvalue weighted by atomic mass is 9.76. The van der Waals surface area contributed by atoms with Crippen LogP contribution in [-0.2, 0) is 37.8 Å². The molecule has 2 heterocycles. The maximum Gasteiger partial charge on any atom is 0.0868 e. The van der Waals surface area contributed by atoms with Crippen LogP contribution in [-0.4, -0.2) is 8.42 Å². The predicted octanol–water partition coefficient (Wildman–Crippen LogP) is 24.0. The molecule has 0 saturated carbocycles. The molecule has 0 saturated heterocycles. The molecule has 0 spiro atoms. The van der Waals surface area contributed by atoms with Crippen molar-refractivity contribution in [1.82, 2.24) is 0 Å². The Morgan fingerprint density at radius 3 is 1.09 bits per heavy atom. The van der Waals surface area contributed by atoms with E-state index < -0.39 is 21.6 Å². The highest BCUT2D eigenvalue weighted by molar-refractivity contribution is 7.86. The SMILES string of the molecule is CC(C)(C)c1ccc2c(c1)C(C)(C)c1cc(C(C)(C)C)cc(-c3cccc(-c4cccc(-c5cccc6c5S(=O)c5ccccc5-6)c4)c3)c1-2.O=S1c2ccccc2-c2cccc(-c3cccc(-c4cccc(-c5ccc6c7ccccc7c7ccccc7c6c5)c4)c3)c21. The molecule has 0 fully saturated rings. The van der Waals surface area contributed by atoms with Crippen LogP contribution in [0.2, 0.25) is 0 Å². The minimum Gasteiger partial charge on any atom is -0.249 e. The van der Waals surface area contributed by atoms with Crippen molar-refractivity contribution in [1.29, 1.82) is 0 Å². The second-order valence-electron chi connectivity index (χ2n) is 27.9. The maximum absolute atomic E-state index is 13.7. The van der Waals surface area contributed by atoms with Crippen molar-refractivity contribution in [3.63, 3.8) is 0 Å². The van der Waals surface area contributed by atoms with Crippen molar-refractivity contribution in [3.8, 4) is 100 Å². The van der Waals surface area contributed by atoms with Crippen molar-refractivity contribution in [2.45, 2.75) is 91.2 Å². The third kappa shape index (κ3) is 9.79. The summed E-state index contributed by atoms with van der Waals surface area (Å²) in [6, 6.07) is 100. The number of fused-ring (bicyclic) bond motifs is 15. The molecule has 14 aromatic carbocycles. The predicted molar refractivity (Wildman–Crippen MR) is 393 cm³/mol. The number of hydrogen-bond acceptors (Lipinski definition) is 2. The third-order valence-corrected chi connectivity index (χ3v) is 22.9. The molecule has 0 radical (unpaired) electrons. The molecule has 2 nitrogen and oxygen atoms in total. The highest BCUT2D eigenvalue weighted by Gasteiger charge is 2.39. The van der Waals surface area contributed by atoms with Crippen LogP contribution in [0.1, 0.15) is 77.6 Å². The molecule has 0 amide bonds. The summed E-state index contributed by atoms with van der Waals surface area (Å²) in [5.74, 6) is 0. The summed E-state index contributed by atoms with van der Waals surface area (Å²) < 4.78 is 27.3. The standard InChI is InChI=1S/C47H44OS.C42H26OS/c1-45(2,3)33-22-23-38-40(27-33)47(7,8)41-28-34(46(4,5)6)26-39(43(38)41)32-17-12-15-30(25-32)29-14-11-16-31(24-29)35-19-13-20-37-36-18-9-10-21-42(36)49(48)44(35)37;43-44-41-21-6-5-18-38(41)39-20-9-19-32(42(39)44)31-13-8-12-29(25-31)27-10-7-11-28(24-27)30-22-23-37-35-16-2-1-14-33(35)34-15-3-4-17-36(34)40(37)26-30/h9-28H,1-8H3;1-26H. The van der Waals surface area contributed by atoms with Gasteiger partial charge < -0.3 is 0 Å². The minimum absolute atomic E-state index is 0.00678. The Bertz CT molecular complexity index is 5460. The van der Waals surface area contributed by atoms with Crippen LogP contribution in [0.15, 0.2) is 299 Å². The highest BCUT2D eigenvalue weighted by Crippen LogP contribution is 2.55. The Labute approximate surface area is 551 Å². The molecule has 14 aromatic rings. The molecule has 2 aliphatic heterocycles. The van der Waals surface area contributed by atoms with E-state index in [9.17, 15) is 8.42 Å². The monoisotopic (exact) mass is 1230 g/mol. The zero-order valence-corrected chi connectivity index (χ0v) is 55.3. The van der Waals surface area contributed by atoms with Gasteiger partial charge in [0.05, 0.1) is 41.2 Å². The maximum atomic E-state index is 13.7. The fourth-order valence-corrected chi connectivity index (χ4v) is 17.9. The van der Waals surface area contributed by atoms with Crippen LogP contribution in [0.5, 0.6) is 0 Å². The van der Waals surface area contributed by atoms with Gasteiger partial charge in [-0.1, -0.05) is 286 Å². The summed E-state index contributed by atoms with van der Waals surface area (Å²) in [4.78, 5) is 3.63. The van der Waals surface area contributed by atoms with Crippen molar-refractivity contribution >= 4 is 53.9 Å². The normalized spacial score (nSPS) is 14.8. The van der Waals surface area contributed by atoms with Crippen LogP contribution < -0.4 is 0 Å². The first-order chi connectivity index (χ1) is 45.0. The summed E-state index contributed by atoms with van der Waals surface area (Å²) >= 11 is 0. The van der Waals surface area contributed by atoms with Crippen molar-refractivity contribution < 1.29 is 8.42 Å². The van der Waals surface area contributed by atoms with Gasteiger partial charge in [-0.15, -0.1) is 0 Å². The average molecular weight is 1240 g/mol. The number of rotatable bonds is 6. The fourth-order valence-electron chi connectivity index (χ4n) is 14.8. The molecule has 17 rings (SSSR count). The molecule has 2 atom stereocenters. The molecular formula is C89H70O2S2. The van der Waals surface area contributed by atoms with Gasteiger partial charge in [-0.05, 0) is 203 Å². The van der Waals surface area contributed by atoms with E-state index in [2.05, 4.69) is 298 Å². The van der Waals surface area contributed by atoms with Gasteiger partial charge in [0.1, 0.15) is 0 Å². The fraction of sp³-hybridized carbons (Fsp3) is 0.124. The summed E-state index contributed by atoms with van der Waals surface area (Å²) in [5.41, 5.74) is 26.3. The van der Waals surface area contributed by atoms with Crippen LogP contribution >= 0.6 is 0 Å². The van der Waals surface area contributed by atoms with Crippen molar-refractivity contribution in [2.75, 3.05) is 0 Å². The second-order valence-corrected chi connectivity index (χ2v) is 30.7. The molecule has 3 aliphatic rings. The van der Waals surface area contributed by atoms with Gasteiger partial charge in [-0.25, -0.2) is 8.42 Å². The van der Waals surface area contributed by atoms with Crippen molar-refractivity contribution in [2.24, 2.45) is 0 Å². The highest BCUT2D eigenvalue weighted by atomic mass is 32.2. The largest absolute Gasteiger partial charge is 0.249 e. The van der Waals surface area contributed by atoms with Gasteiger partial charge in [-0.2, -0.15) is 0 Å².